The Balaban J connectivity index is 2.99. The zero-order valence-corrected chi connectivity index (χ0v) is 12.0. The van der Waals surface area contributed by atoms with Crippen LogP contribution in [-0.2, 0) is 9.53 Å². The average molecular weight is 284 g/mol. The highest BCUT2D eigenvalue weighted by molar-refractivity contribution is 5.78. The molecule has 1 rings (SSSR count). The van der Waals surface area contributed by atoms with Crippen molar-refractivity contribution < 1.29 is 14.3 Å². The molecule has 0 bridgehead atoms. The molecule has 0 radical (unpaired) electrons. The molecule has 0 aliphatic carbocycles. The van der Waals surface area contributed by atoms with Crippen molar-refractivity contribution in [3.63, 3.8) is 0 Å². The van der Waals surface area contributed by atoms with Gasteiger partial charge in [-0.15, -0.1) is 0 Å². The zero-order chi connectivity index (χ0) is 15.1. The third kappa shape index (κ3) is 4.19. The van der Waals surface area contributed by atoms with Crippen molar-refractivity contribution >= 4 is 17.9 Å². The molecule has 9 heteroatoms. The number of nitrogens with one attached hydrogen (secondary N) is 2. The van der Waals surface area contributed by atoms with Crippen LogP contribution in [0.2, 0.25) is 0 Å². The first-order chi connectivity index (χ1) is 9.51. The first kappa shape index (κ1) is 15.9. The Morgan fingerprint density at radius 3 is 2.45 bits per heavy atom. The van der Waals surface area contributed by atoms with E-state index in [1.807, 2.05) is 13.8 Å². The first-order valence-electron chi connectivity index (χ1n) is 6.21. The number of nitrogens with two attached hydrogens (primary N) is 1. The number of ether oxygens (including phenoxy) is 2. The highest BCUT2D eigenvalue weighted by Gasteiger charge is 2.24. The molecule has 0 aromatic carbocycles. The summed E-state index contributed by atoms with van der Waals surface area (Å²) >= 11 is 0. The predicted octanol–water partition coefficient (Wildman–Crippen LogP) is 0.165. The van der Waals surface area contributed by atoms with Crippen molar-refractivity contribution in [2.24, 2.45) is 11.8 Å². The molecule has 112 valence electrons. The van der Waals surface area contributed by atoms with Gasteiger partial charge in [0.25, 0.3) is 0 Å². The number of esters is 1. The summed E-state index contributed by atoms with van der Waals surface area (Å²) in [4.78, 5) is 23.7. The minimum Gasteiger partial charge on any atom is -0.467 e. The molecule has 0 aliphatic heterocycles. The Bertz CT molecular complexity index is 454. The third-order valence-corrected chi connectivity index (χ3v) is 2.42. The molecule has 0 aliphatic rings. The molecule has 1 atom stereocenters. The molecule has 9 nitrogen and oxygen atoms in total. The van der Waals surface area contributed by atoms with E-state index in [0.717, 1.165) is 0 Å². The van der Waals surface area contributed by atoms with Crippen molar-refractivity contribution in [3.05, 3.63) is 0 Å². The van der Waals surface area contributed by atoms with E-state index in [4.69, 9.17) is 15.3 Å². The van der Waals surface area contributed by atoms with Crippen LogP contribution in [-0.4, -0.2) is 40.7 Å². The molecule has 0 fully saturated rings. The smallest absolute Gasteiger partial charge is 0.328 e. The van der Waals surface area contributed by atoms with E-state index in [1.54, 1.807) is 6.92 Å². The molecule has 0 saturated heterocycles. The van der Waals surface area contributed by atoms with Gasteiger partial charge >= 0.3 is 12.0 Å². The number of hydrogen-bond donors (Lipinski definition) is 3. The molecule has 1 aromatic rings. The van der Waals surface area contributed by atoms with Crippen LogP contribution < -0.4 is 21.3 Å². The van der Waals surface area contributed by atoms with Gasteiger partial charge in [-0.05, 0) is 12.8 Å². The van der Waals surface area contributed by atoms with E-state index in [-0.39, 0.29) is 23.8 Å². The Hall–Kier alpha value is -2.16. The Morgan fingerprint density at radius 2 is 1.95 bits per heavy atom. The molecular formula is C11H20N6O3. The lowest BCUT2D eigenvalue weighted by molar-refractivity contribution is -0.142. The van der Waals surface area contributed by atoms with Gasteiger partial charge in [0.2, 0.25) is 11.9 Å². The molecule has 4 N–H and O–H groups in total. The summed E-state index contributed by atoms with van der Waals surface area (Å²) in [5, 5.41) is 2.89. The molecule has 0 amide bonds. The van der Waals surface area contributed by atoms with Gasteiger partial charge in [-0.25, -0.2) is 10.6 Å². The second kappa shape index (κ2) is 7.43. The minimum absolute atomic E-state index is 0.0101. The van der Waals surface area contributed by atoms with Gasteiger partial charge in [-0.1, -0.05) is 13.8 Å². The van der Waals surface area contributed by atoms with Crippen LogP contribution in [0.3, 0.4) is 0 Å². The lowest BCUT2D eigenvalue weighted by Crippen LogP contribution is -2.36. The third-order valence-electron chi connectivity index (χ3n) is 2.42. The van der Waals surface area contributed by atoms with Crippen molar-refractivity contribution in [3.8, 4) is 6.01 Å². The highest BCUT2D eigenvalue weighted by Crippen LogP contribution is 2.14. The quantitative estimate of drug-likeness (QED) is 0.365. The molecular weight excluding hydrogens is 264 g/mol. The Morgan fingerprint density at radius 1 is 1.30 bits per heavy atom. The highest BCUT2D eigenvalue weighted by atomic mass is 16.5. The van der Waals surface area contributed by atoms with Crippen LogP contribution >= 0.6 is 0 Å². The lowest BCUT2D eigenvalue weighted by atomic mass is 10.1. The number of nitrogen functional groups attached to an aromatic ring is 1. The van der Waals surface area contributed by atoms with E-state index < -0.39 is 12.0 Å². The predicted molar refractivity (Wildman–Crippen MR) is 73.1 cm³/mol. The van der Waals surface area contributed by atoms with Crippen LogP contribution in [0.4, 0.5) is 11.9 Å². The second-order valence-electron chi connectivity index (χ2n) is 4.23. The largest absolute Gasteiger partial charge is 0.467 e. The summed E-state index contributed by atoms with van der Waals surface area (Å²) in [7, 11) is 1.32. The lowest BCUT2D eigenvalue weighted by Gasteiger charge is -2.19. The van der Waals surface area contributed by atoms with Crippen LogP contribution in [0.25, 0.3) is 0 Å². The second-order valence-corrected chi connectivity index (χ2v) is 4.23. The van der Waals surface area contributed by atoms with E-state index in [2.05, 4.69) is 25.7 Å². The number of carbonyl (C=O) groups is 1. The molecule has 20 heavy (non-hydrogen) atoms. The maximum Gasteiger partial charge on any atom is 0.328 e. The molecule has 1 aromatic heterocycles. The van der Waals surface area contributed by atoms with Gasteiger partial charge in [0.05, 0.1) is 13.7 Å². The van der Waals surface area contributed by atoms with Crippen molar-refractivity contribution in [2.45, 2.75) is 26.8 Å². The maximum absolute atomic E-state index is 11.7. The van der Waals surface area contributed by atoms with E-state index >= 15 is 0 Å². The first-order valence-corrected chi connectivity index (χ1v) is 6.21. The van der Waals surface area contributed by atoms with E-state index in [1.165, 1.54) is 7.11 Å². The number of hydrazine groups is 1. The summed E-state index contributed by atoms with van der Waals surface area (Å²) in [6, 6.07) is -0.465. The van der Waals surface area contributed by atoms with Crippen LogP contribution in [0.5, 0.6) is 6.01 Å². The van der Waals surface area contributed by atoms with Gasteiger partial charge in [-0.3, -0.25) is 5.43 Å². The monoisotopic (exact) mass is 284 g/mol. The van der Waals surface area contributed by atoms with Crippen molar-refractivity contribution in [1.82, 2.24) is 15.0 Å². The number of anilines is 2. The van der Waals surface area contributed by atoms with Crippen molar-refractivity contribution in [1.29, 1.82) is 0 Å². The summed E-state index contributed by atoms with van der Waals surface area (Å²) in [5.74, 6) is 5.19. The van der Waals surface area contributed by atoms with Gasteiger partial charge in [0, 0.05) is 0 Å². The van der Waals surface area contributed by atoms with Crippen molar-refractivity contribution in [2.75, 3.05) is 24.5 Å². The fourth-order valence-electron chi connectivity index (χ4n) is 1.44. The normalized spacial score (nSPS) is 11.9. The standard InChI is InChI=1S/C11H20N6O3/c1-5-20-11-15-9(14-10(16-11)17-12)13-7(6(2)3)8(18)19-4/h6-7H,5,12H2,1-4H3,(H2,13,14,15,16,17). The topological polar surface area (TPSA) is 124 Å². The number of hydrogen-bond acceptors (Lipinski definition) is 9. The average Bonchev–Trinajstić information content (AvgIpc) is 2.43. The number of methoxy groups -OCH3 is 1. The molecule has 0 saturated carbocycles. The summed E-state index contributed by atoms with van der Waals surface area (Å²) < 4.78 is 9.94. The van der Waals surface area contributed by atoms with Gasteiger partial charge in [0.1, 0.15) is 6.04 Å². The molecule has 0 spiro atoms. The fraction of sp³-hybridized carbons (Fsp3) is 0.636. The zero-order valence-electron chi connectivity index (χ0n) is 12.0. The number of nitrogens with zero attached hydrogens (tertiary/aromatic N) is 3. The van der Waals surface area contributed by atoms with Gasteiger partial charge < -0.3 is 14.8 Å². The fourth-order valence-corrected chi connectivity index (χ4v) is 1.44. The van der Waals surface area contributed by atoms with E-state index in [9.17, 15) is 4.79 Å². The van der Waals surface area contributed by atoms with Gasteiger partial charge in [0.15, 0.2) is 0 Å². The molecule has 1 heterocycles. The van der Waals surface area contributed by atoms with Crippen LogP contribution in [0, 0.1) is 5.92 Å². The summed E-state index contributed by atoms with van der Waals surface area (Å²) in [6.07, 6.45) is 0. The number of carbonyl (C=O) groups excluding carboxylic acids is 1. The van der Waals surface area contributed by atoms with Gasteiger partial charge in [-0.2, -0.15) is 15.0 Å². The molecule has 1 unspecified atom stereocenters. The number of rotatable bonds is 7. The maximum atomic E-state index is 11.7. The SMILES string of the molecule is CCOc1nc(NN)nc(NC(C(=O)OC)C(C)C)n1. The Kier molecular flexibility index (Phi) is 5.91. The summed E-state index contributed by atoms with van der Waals surface area (Å²) in [6.45, 7) is 5.96. The number of aromatic nitrogens is 3. The van der Waals surface area contributed by atoms with Crippen LogP contribution in [0.15, 0.2) is 0 Å². The van der Waals surface area contributed by atoms with Crippen LogP contribution in [0.1, 0.15) is 20.8 Å². The van der Waals surface area contributed by atoms with E-state index in [0.29, 0.717) is 6.61 Å². The minimum atomic E-state index is -0.581. The summed E-state index contributed by atoms with van der Waals surface area (Å²) in [5.41, 5.74) is 2.31. The Labute approximate surface area is 117 Å².